The normalized spacial score (nSPS) is 27.2. The number of halogens is 1. The fourth-order valence-electron chi connectivity index (χ4n) is 3.05. The van der Waals surface area contributed by atoms with Gasteiger partial charge < -0.3 is 9.72 Å². The van der Waals surface area contributed by atoms with Crippen molar-refractivity contribution in [3.63, 3.8) is 0 Å². The van der Waals surface area contributed by atoms with Crippen LogP contribution in [-0.2, 0) is 4.74 Å². The summed E-state index contributed by atoms with van der Waals surface area (Å²) in [6, 6.07) is 2.18. The summed E-state index contributed by atoms with van der Waals surface area (Å²) >= 11 is 11.4. The molecule has 0 spiro atoms. The van der Waals surface area contributed by atoms with Gasteiger partial charge >= 0.3 is 0 Å². The van der Waals surface area contributed by atoms with E-state index in [1.54, 1.807) is 6.20 Å². The van der Waals surface area contributed by atoms with Crippen molar-refractivity contribution in [2.45, 2.75) is 31.4 Å². The molecule has 0 amide bonds. The molecule has 0 bridgehead atoms. The average molecular weight is 296 g/mol. The number of H-pyrrole nitrogens is 1. The fourth-order valence-corrected chi connectivity index (χ4v) is 3.54. The standard InChI is InChI=1S/C13H14ClN3OS/c14-8-5-9-12(15-6-8)17(13(19)16-9)10-3-4-18-11(10)7-1-2-7/h5-7,10-11H,1-4H2,(H,16,19). The maximum atomic E-state index is 5.98. The third-order valence-electron chi connectivity index (χ3n) is 4.04. The van der Waals surface area contributed by atoms with E-state index in [0.29, 0.717) is 27.9 Å². The molecular weight excluding hydrogens is 282 g/mol. The third kappa shape index (κ3) is 1.91. The highest BCUT2D eigenvalue weighted by atomic mass is 35.5. The Kier molecular flexibility index (Phi) is 2.69. The lowest BCUT2D eigenvalue weighted by Gasteiger charge is -2.19. The van der Waals surface area contributed by atoms with E-state index in [9.17, 15) is 0 Å². The number of fused-ring (bicyclic) bond motifs is 1. The molecule has 19 heavy (non-hydrogen) atoms. The summed E-state index contributed by atoms with van der Waals surface area (Å²) in [5.41, 5.74) is 1.79. The van der Waals surface area contributed by atoms with E-state index in [4.69, 9.17) is 28.6 Å². The Morgan fingerprint density at radius 1 is 1.42 bits per heavy atom. The van der Waals surface area contributed by atoms with Gasteiger partial charge in [0.1, 0.15) is 0 Å². The van der Waals surface area contributed by atoms with Crippen LogP contribution in [-0.4, -0.2) is 27.2 Å². The molecule has 2 aromatic heterocycles. The molecule has 2 aromatic rings. The van der Waals surface area contributed by atoms with Gasteiger partial charge in [0.05, 0.1) is 22.7 Å². The molecule has 1 aliphatic heterocycles. The first-order valence-corrected chi connectivity index (χ1v) is 7.40. The van der Waals surface area contributed by atoms with Crippen LogP contribution in [0.3, 0.4) is 0 Å². The molecular formula is C13H14ClN3OS. The molecule has 100 valence electrons. The molecule has 4 nitrogen and oxygen atoms in total. The summed E-state index contributed by atoms with van der Waals surface area (Å²) < 4.78 is 8.74. The Balaban J connectivity index is 1.85. The van der Waals surface area contributed by atoms with Crippen LogP contribution in [0, 0.1) is 10.7 Å². The number of hydrogen-bond donors (Lipinski definition) is 1. The van der Waals surface area contributed by atoms with Gasteiger partial charge in [-0.3, -0.25) is 4.57 Å². The van der Waals surface area contributed by atoms with Gasteiger partial charge in [-0.2, -0.15) is 0 Å². The Labute approximate surface area is 120 Å². The predicted octanol–water partition coefficient (Wildman–Crippen LogP) is 3.49. The molecule has 1 N–H and O–H groups in total. The Morgan fingerprint density at radius 2 is 2.26 bits per heavy atom. The Morgan fingerprint density at radius 3 is 3.05 bits per heavy atom. The van der Waals surface area contributed by atoms with Crippen LogP contribution in [0.25, 0.3) is 11.2 Å². The van der Waals surface area contributed by atoms with Gasteiger partial charge in [-0.1, -0.05) is 11.6 Å². The second-order valence-corrected chi connectivity index (χ2v) is 6.18. The summed E-state index contributed by atoms with van der Waals surface area (Å²) in [5, 5.41) is 0.623. The van der Waals surface area contributed by atoms with Crippen LogP contribution in [0.2, 0.25) is 5.02 Å². The van der Waals surface area contributed by atoms with E-state index in [1.165, 1.54) is 12.8 Å². The topological polar surface area (TPSA) is 42.8 Å². The Hall–Kier alpha value is -0.910. The van der Waals surface area contributed by atoms with Gasteiger partial charge in [-0.25, -0.2) is 4.98 Å². The monoisotopic (exact) mass is 295 g/mol. The van der Waals surface area contributed by atoms with E-state index in [1.807, 2.05) is 6.07 Å². The SMILES string of the molecule is S=c1[nH]c2cc(Cl)cnc2n1C1CCOC1C1CC1. The molecule has 2 fully saturated rings. The zero-order chi connectivity index (χ0) is 13.0. The predicted molar refractivity (Wildman–Crippen MR) is 76.0 cm³/mol. The summed E-state index contributed by atoms with van der Waals surface area (Å²) in [6.07, 6.45) is 5.52. The highest BCUT2D eigenvalue weighted by Gasteiger charge is 2.42. The van der Waals surface area contributed by atoms with Gasteiger partial charge in [0.2, 0.25) is 0 Å². The van der Waals surface area contributed by atoms with Crippen molar-refractivity contribution in [3.8, 4) is 0 Å². The second-order valence-electron chi connectivity index (χ2n) is 5.35. The van der Waals surface area contributed by atoms with Gasteiger partial charge in [-0.05, 0) is 43.5 Å². The minimum atomic E-state index is 0.295. The number of nitrogens with one attached hydrogen (secondary N) is 1. The molecule has 0 radical (unpaired) electrons. The molecule has 2 unspecified atom stereocenters. The number of rotatable bonds is 2. The van der Waals surface area contributed by atoms with E-state index >= 15 is 0 Å². The van der Waals surface area contributed by atoms with Crippen molar-refractivity contribution in [3.05, 3.63) is 22.1 Å². The number of hydrogen-bond acceptors (Lipinski definition) is 3. The summed E-state index contributed by atoms with van der Waals surface area (Å²) in [5.74, 6) is 0.701. The van der Waals surface area contributed by atoms with E-state index in [-0.39, 0.29) is 0 Å². The fraction of sp³-hybridized carbons (Fsp3) is 0.538. The summed E-state index contributed by atoms with van der Waals surface area (Å²) in [6.45, 7) is 0.813. The average Bonchev–Trinajstić information content (AvgIpc) is 3.02. The zero-order valence-electron chi connectivity index (χ0n) is 10.3. The van der Waals surface area contributed by atoms with E-state index < -0.39 is 0 Å². The molecule has 2 aliphatic rings. The number of ether oxygens (including phenoxy) is 1. The largest absolute Gasteiger partial charge is 0.376 e. The molecule has 6 heteroatoms. The lowest BCUT2D eigenvalue weighted by molar-refractivity contribution is 0.0755. The number of aromatic nitrogens is 3. The quantitative estimate of drug-likeness (QED) is 0.863. The van der Waals surface area contributed by atoms with Crippen molar-refractivity contribution in [1.82, 2.24) is 14.5 Å². The minimum absolute atomic E-state index is 0.295. The van der Waals surface area contributed by atoms with Crippen LogP contribution < -0.4 is 0 Å². The van der Waals surface area contributed by atoms with Crippen molar-refractivity contribution >= 4 is 35.0 Å². The lowest BCUT2D eigenvalue weighted by atomic mass is 10.1. The van der Waals surface area contributed by atoms with Crippen LogP contribution in [0.5, 0.6) is 0 Å². The van der Waals surface area contributed by atoms with Crippen LogP contribution >= 0.6 is 23.8 Å². The maximum Gasteiger partial charge on any atom is 0.179 e. The molecule has 1 saturated heterocycles. The Bertz CT molecular complexity index is 691. The van der Waals surface area contributed by atoms with Crippen LogP contribution in [0.4, 0.5) is 0 Å². The van der Waals surface area contributed by atoms with Crippen molar-refractivity contribution in [1.29, 1.82) is 0 Å². The molecule has 0 aromatic carbocycles. The number of pyridine rings is 1. The highest BCUT2D eigenvalue weighted by Crippen LogP contribution is 2.44. The van der Waals surface area contributed by atoms with Crippen molar-refractivity contribution in [2.75, 3.05) is 6.61 Å². The number of imidazole rings is 1. The first-order valence-electron chi connectivity index (χ1n) is 6.61. The molecule has 1 saturated carbocycles. The lowest BCUT2D eigenvalue weighted by Crippen LogP contribution is -2.22. The van der Waals surface area contributed by atoms with Crippen molar-refractivity contribution < 1.29 is 4.74 Å². The smallest absolute Gasteiger partial charge is 0.179 e. The van der Waals surface area contributed by atoms with Crippen LogP contribution in [0.15, 0.2) is 12.3 Å². The van der Waals surface area contributed by atoms with Gasteiger partial charge in [0, 0.05) is 12.8 Å². The summed E-state index contributed by atoms with van der Waals surface area (Å²) in [4.78, 5) is 7.64. The third-order valence-corrected chi connectivity index (χ3v) is 4.55. The van der Waals surface area contributed by atoms with Gasteiger partial charge in [-0.15, -0.1) is 0 Å². The maximum absolute atomic E-state index is 5.98. The zero-order valence-corrected chi connectivity index (χ0v) is 11.9. The second kappa shape index (κ2) is 4.30. The first-order chi connectivity index (χ1) is 9.24. The minimum Gasteiger partial charge on any atom is -0.376 e. The highest BCUT2D eigenvalue weighted by molar-refractivity contribution is 7.71. The summed E-state index contributed by atoms with van der Waals surface area (Å²) in [7, 11) is 0. The molecule has 1 aliphatic carbocycles. The van der Waals surface area contributed by atoms with Gasteiger partial charge in [0.25, 0.3) is 0 Å². The molecule has 4 rings (SSSR count). The molecule has 2 atom stereocenters. The number of aromatic amines is 1. The number of nitrogens with zero attached hydrogens (tertiary/aromatic N) is 2. The van der Waals surface area contributed by atoms with E-state index in [0.717, 1.165) is 24.2 Å². The molecule has 3 heterocycles. The van der Waals surface area contributed by atoms with E-state index in [2.05, 4.69) is 14.5 Å². The van der Waals surface area contributed by atoms with Crippen LogP contribution in [0.1, 0.15) is 25.3 Å². The van der Waals surface area contributed by atoms with Crippen molar-refractivity contribution in [2.24, 2.45) is 5.92 Å². The first kappa shape index (κ1) is 11.9. The van der Waals surface area contributed by atoms with Gasteiger partial charge in [0.15, 0.2) is 10.4 Å².